The number of alkyl halides is 3. The molecule has 2 N–H and O–H groups in total. The molecular formula is C33H38ClF3N6O5. The number of carbonyl (C=O) groups excluding carboxylic acids is 2. The smallest absolute Gasteiger partial charge is 0.429 e. The summed E-state index contributed by atoms with van der Waals surface area (Å²) in [5.74, 6) is -1.12. The van der Waals surface area contributed by atoms with E-state index < -0.39 is 41.4 Å². The van der Waals surface area contributed by atoms with E-state index in [0.717, 1.165) is 5.57 Å². The van der Waals surface area contributed by atoms with Crippen LogP contribution in [0.3, 0.4) is 0 Å². The summed E-state index contributed by atoms with van der Waals surface area (Å²) in [6, 6.07) is 6.16. The molecule has 11 nitrogen and oxygen atoms in total. The quantitative estimate of drug-likeness (QED) is 0.260. The lowest BCUT2D eigenvalue weighted by Crippen LogP contribution is -2.44. The second-order valence-electron chi connectivity index (χ2n) is 13.1. The standard InChI is InChI=1S/C33H38ClF3N6O5/c1-6-46-28(44)25-17-32(18-42(25)30(45)48-31(3,4)5)12-9-20(10-13-32)23-16-26(40-29(38)39-23)47-27(33(35,36)37)22-8-7-21(34)15-24(22)43-14-11-19(2)41-43/h7-9,11,14-16,25,27H,6,10,12-13,17-18H2,1-5H3,(H2,38,39,40)/t25?,27-,32?/m1/s1. The van der Waals surface area contributed by atoms with Gasteiger partial charge in [0, 0.05) is 29.4 Å². The SMILES string of the molecule is CCOC(=O)C1CC2(CC=C(c3cc(O[C@H](c4ccc(Cl)cc4-n4ccc(C)n4)C(F)(F)F)nc(N)n3)CC2)CN1C(=O)OC(C)(C)C. The number of aryl methyl sites for hydroxylation is 1. The zero-order valence-electron chi connectivity index (χ0n) is 27.3. The fraction of sp³-hybridized carbons (Fsp3) is 0.485. The summed E-state index contributed by atoms with van der Waals surface area (Å²) in [5, 5.41) is 4.48. The molecule has 0 saturated carbocycles. The molecule has 2 aromatic heterocycles. The Kier molecular flexibility index (Phi) is 9.69. The monoisotopic (exact) mass is 690 g/mol. The molecule has 15 heteroatoms. The topological polar surface area (TPSA) is 135 Å². The summed E-state index contributed by atoms with van der Waals surface area (Å²) in [7, 11) is 0. The highest BCUT2D eigenvalue weighted by atomic mass is 35.5. The van der Waals surface area contributed by atoms with Crippen LogP contribution < -0.4 is 10.5 Å². The van der Waals surface area contributed by atoms with Crippen LogP contribution in [0.15, 0.2) is 42.6 Å². The lowest BCUT2D eigenvalue weighted by atomic mass is 9.73. The minimum Gasteiger partial charge on any atom is -0.464 e. The molecule has 1 fully saturated rings. The maximum atomic E-state index is 14.6. The number of nitrogen functional groups attached to an aromatic ring is 1. The van der Waals surface area contributed by atoms with E-state index in [1.165, 1.54) is 40.0 Å². The second-order valence-corrected chi connectivity index (χ2v) is 13.5. The number of rotatable bonds is 7. The Balaban J connectivity index is 1.41. The van der Waals surface area contributed by atoms with Crippen LogP contribution in [0.2, 0.25) is 5.02 Å². The minimum atomic E-state index is -4.85. The number of esters is 1. The summed E-state index contributed by atoms with van der Waals surface area (Å²) in [4.78, 5) is 35.7. The van der Waals surface area contributed by atoms with Crippen LogP contribution in [-0.4, -0.2) is 67.7 Å². The zero-order valence-corrected chi connectivity index (χ0v) is 28.1. The highest BCUT2D eigenvalue weighted by Gasteiger charge is 2.51. The van der Waals surface area contributed by atoms with Crippen LogP contribution in [0.5, 0.6) is 5.88 Å². The van der Waals surface area contributed by atoms with Crippen LogP contribution in [0.1, 0.15) is 76.4 Å². The van der Waals surface area contributed by atoms with Crippen molar-refractivity contribution in [1.29, 1.82) is 0 Å². The summed E-state index contributed by atoms with van der Waals surface area (Å²) >= 11 is 6.16. The number of likely N-dealkylation sites (tertiary alicyclic amines) is 1. The number of carbonyl (C=O) groups is 2. The first-order chi connectivity index (χ1) is 22.5. The van der Waals surface area contributed by atoms with Gasteiger partial charge in [0.2, 0.25) is 17.9 Å². The van der Waals surface area contributed by atoms with Crippen LogP contribution in [0.25, 0.3) is 11.3 Å². The van der Waals surface area contributed by atoms with Gasteiger partial charge in [0.25, 0.3) is 0 Å². The first kappa shape index (κ1) is 35.0. The zero-order chi connectivity index (χ0) is 35.0. The summed E-state index contributed by atoms with van der Waals surface area (Å²) < 4.78 is 61.5. The summed E-state index contributed by atoms with van der Waals surface area (Å²) in [6.45, 7) is 9.13. The molecule has 1 aromatic carbocycles. The molecule has 5 rings (SSSR count). The first-order valence-corrected chi connectivity index (χ1v) is 15.9. The van der Waals surface area contributed by atoms with Crippen molar-refractivity contribution in [3.05, 3.63) is 64.6 Å². The second kappa shape index (κ2) is 13.3. The molecule has 258 valence electrons. The lowest BCUT2D eigenvalue weighted by Gasteiger charge is -2.32. The Morgan fingerprint density at radius 2 is 1.92 bits per heavy atom. The van der Waals surface area contributed by atoms with Crippen LogP contribution in [0.4, 0.5) is 23.9 Å². The number of anilines is 1. The molecule has 1 amide bonds. The third kappa shape index (κ3) is 7.86. The Hall–Kier alpha value is -4.33. The predicted molar refractivity (Wildman–Crippen MR) is 171 cm³/mol. The van der Waals surface area contributed by atoms with Crippen molar-refractivity contribution in [2.24, 2.45) is 5.41 Å². The van der Waals surface area contributed by atoms with Gasteiger partial charge in [-0.2, -0.15) is 23.3 Å². The highest BCUT2D eigenvalue weighted by Crippen LogP contribution is 2.48. The number of aromatic nitrogens is 4. The van der Waals surface area contributed by atoms with Gasteiger partial charge in [-0.25, -0.2) is 19.3 Å². The molecule has 3 atom stereocenters. The molecule has 1 saturated heterocycles. The number of benzene rings is 1. The minimum absolute atomic E-state index is 0.0959. The molecule has 1 aliphatic carbocycles. The van der Waals surface area contributed by atoms with E-state index in [1.807, 2.05) is 6.08 Å². The molecule has 1 spiro atoms. The van der Waals surface area contributed by atoms with Crippen molar-refractivity contribution in [2.75, 3.05) is 18.9 Å². The van der Waals surface area contributed by atoms with Crippen LogP contribution in [-0.2, 0) is 14.3 Å². The molecule has 3 aromatic rings. The van der Waals surface area contributed by atoms with Gasteiger partial charge in [0.1, 0.15) is 11.6 Å². The van der Waals surface area contributed by atoms with E-state index in [1.54, 1.807) is 40.7 Å². The number of amides is 1. The van der Waals surface area contributed by atoms with Crippen LogP contribution in [0, 0.1) is 12.3 Å². The number of ether oxygens (including phenoxy) is 3. The fourth-order valence-corrected chi connectivity index (χ4v) is 6.27. The van der Waals surface area contributed by atoms with E-state index in [2.05, 4.69) is 15.1 Å². The van der Waals surface area contributed by atoms with Gasteiger partial charge < -0.3 is 19.9 Å². The first-order valence-electron chi connectivity index (χ1n) is 15.5. The molecule has 2 aliphatic rings. The fourth-order valence-electron chi connectivity index (χ4n) is 6.10. The maximum absolute atomic E-state index is 14.6. The molecular weight excluding hydrogens is 653 g/mol. The van der Waals surface area contributed by atoms with Crippen molar-refractivity contribution in [3.63, 3.8) is 0 Å². The van der Waals surface area contributed by atoms with Gasteiger partial charge in [-0.15, -0.1) is 0 Å². The van der Waals surface area contributed by atoms with Crippen molar-refractivity contribution in [2.45, 2.75) is 84.2 Å². The van der Waals surface area contributed by atoms with Crippen molar-refractivity contribution in [3.8, 4) is 11.6 Å². The van der Waals surface area contributed by atoms with Gasteiger partial charge in [-0.1, -0.05) is 23.7 Å². The van der Waals surface area contributed by atoms with E-state index in [4.69, 9.17) is 31.5 Å². The number of halogens is 4. The average molecular weight is 691 g/mol. The van der Waals surface area contributed by atoms with Gasteiger partial charge in [-0.05, 0) is 89.5 Å². The van der Waals surface area contributed by atoms with Crippen molar-refractivity contribution >= 4 is 35.2 Å². The van der Waals surface area contributed by atoms with Gasteiger partial charge in [0.05, 0.1) is 23.7 Å². The lowest BCUT2D eigenvalue weighted by molar-refractivity contribution is -0.198. The number of hydrogen-bond donors (Lipinski definition) is 1. The normalized spacial score (nSPS) is 20.4. The van der Waals surface area contributed by atoms with Crippen molar-refractivity contribution in [1.82, 2.24) is 24.6 Å². The van der Waals surface area contributed by atoms with E-state index in [0.29, 0.717) is 37.1 Å². The van der Waals surface area contributed by atoms with Gasteiger partial charge in [0.15, 0.2) is 0 Å². The number of nitrogens with zero attached hydrogens (tertiary/aromatic N) is 5. The highest BCUT2D eigenvalue weighted by molar-refractivity contribution is 6.30. The Morgan fingerprint density at radius 1 is 1.17 bits per heavy atom. The van der Waals surface area contributed by atoms with E-state index in [-0.39, 0.29) is 41.3 Å². The van der Waals surface area contributed by atoms with E-state index in [9.17, 15) is 22.8 Å². The maximum Gasteiger partial charge on any atom is 0.429 e. The Labute approximate surface area is 281 Å². The number of nitrogens with two attached hydrogens (primary N) is 1. The predicted octanol–water partition coefficient (Wildman–Crippen LogP) is 7.01. The van der Waals surface area contributed by atoms with Crippen molar-refractivity contribution < 1.29 is 37.0 Å². The third-order valence-electron chi connectivity index (χ3n) is 8.23. The Bertz CT molecular complexity index is 1720. The summed E-state index contributed by atoms with van der Waals surface area (Å²) in [5.41, 5.74) is 6.31. The average Bonchev–Trinajstić information content (AvgIpc) is 3.59. The molecule has 0 bridgehead atoms. The van der Waals surface area contributed by atoms with E-state index >= 15 is 0 Å². The van der Waals surface area contributed by atoms with Gasteiger partial charge in [-0.3, -0.25) is 4.90 Å². The molecule has 0 radical (unpaired) electrons. The summed E-state index contributed by atoms with van der Waals surface area (Å²) in [6.07, 6.45) is -2.56. The largest absolute Gasteiger partial charge is 0.464 e. The number of hydrogen-bond acceptors (Lipinski definition) is 9. The molecule has 2 unspecified atom stereocenters. The number of allylic oxidation sites excluding steroid dienone is 2. The Morgan fingerprint density at radius 3 is 2.52 bits per heavy atom. The van der Waals surface area contributed by atoms with Crippen LogP contribution >= 0.6 is 11.6 Å². The molecule has 48 heavy (non-hydrogen) atoms. The molecule has 3 heterocycles. The third-order valence-corrected chi connectivity index (χ3v) is 8.47. The van der Waals surface area contributed by atoms with Gasteiger partial charge >= 0.3 is 18.2 Å². The molecule has 1 aliphatic heterocycles.